The molecule has 30 heavy (non-hydrogen) atoms. The lowest BCUT2D eigenvalue weighted by Gasteiger charge is -2.11. The number of hydrogen-bond donors (Lipinski definition) is 3. The Labute approximate surface area is 174 Å². The minimum atomic E-state index is -0.591. The minimum Gasteiger partial charge on any atom is -0.497 e. The predicted molar refractivity (Wildman–Crippen MR) is 113 cm³/mol. The standard InChI is InChI=1S/C23H21N3O4/c1-30-20-10-8-18(9-11-20)21(13-17-3-2-12-24-14-17)23(28)25-15-16-4-6-19(7-5-16)22(27)26-29/h2-14,29H,15H2,1H3,(H,25,28)(H,26,27). The van der Waals surface area contributed by atoms with E-state index in [2.05, 4.69) is 10.3 Å². The molecule has 0 unspecified atom stereocenters. The van der Waals surface area contributed by atoms with Gasteiger partial charge in [0.25, 0.3) is 11.8 Å². The molecule has 152 valence electrons. The molecule has 7 heteroatoms. The van der Waals surface area contributed by atoms with Crippen LogP contribution in [0.15, 0.2) is 73.1 Å². The Bertz CT molecular complexity index is 1030. The van der Waals surface area contributed by atoms with E-state index in [1.165, 1.54) is 0 Å². The maximum atomic E-state index is 13.0. The first-order valence-electron chi connectivity index (χ1n) is 9.18. The third kappa shape index (κ3) is 5.30. The van der Waals surface area contributed by atoms with Gasteiger partial charge in [0.1, 0.15) is 5.75 Å². The third-order valence-electron chi connectivity index (χ3n) is 4.41. The Hall–Kier alpha value is -3.97. The summed E-state index contributed by atoms with van der Waals surface area (Å²) >= 11 is 0. The highest BCUT2D eigenvalue weighted by atomic mass is 16.5. The fraction of sp³-hybridized carbons (Fsp3) is 0.0870. The second kappa shape index (κ2) is 9.99. The van der Waals surface area contributed by atoms with Gasteiger partial charge in [-0.2, -0.15) is 0 Å². The summed E-state index contributed by atoms with van der Waals surface area (Å²) in [5.41, 5.74) is 4.75. The Morgan fingerprint density at radius 1 is 1.03 bits per heavy atom. The quantitative estimate of drug-likeness (QED) is 0.320. The molecule has 1 heterocycles. The van der Waals surface area contributed by atoms with Crippen LogP contribution in [0.25, 0.3) is 11.6 Å². The predicted octanol–water partition coefficient (Wildman–Crippen LogP) is 3.07. The van der Waals surface area contributed by atoms with Crippen LogP contribution in [0.4, 0.5) is 0 Å². The SMILES string of the molecule is COc1ccc(C(=Cc2cccnc2)C(=O)NCc2ccc(C(=O)NO)cc2)cc1. The number of benzene rings is 2. The van der Waals surface area contributed by atoms with Gasteiger partial charge in [-0.05, 0) is 53.1 Å². The average Bonchev–Trinajstić information content (AvgIpc) is 2.81. The summed E-state index contributed by atoms with van der Waals surface area (Å²) in [7, 11) is 1.59. The molecule has 3 aromatic rings. The number of methoxy groups -OCH3 is 1. The summed E-state index contributed by atoms with van der Waals surface area (Å²) in [5, 5.41) is 11.6. The van der Waals surface area contributed by atoms with Gasteiger partial charge in [0.05, 0.1) is 7.11 Å². The Morgan fingerprint density at radius 3 is 2.33 bits per heavy atom. The number of aromatic nitrogens is 1. The molecule has 0 spiro atoms. The first kappa shape index (κ1) is 20.8. The fourth-order valence-corrected chi connectivity index (χ4v) is 2.79. The summed E-state index contributed by atoms with van der Waals surface area (Å²) < 4.78 is 5.19. The molecule has 1 aromatic heterocycles. The van der Waals surface area contributed by atoms with Crippen molar-refractivity contribution in [2.75, 3.05) is 7.11 Å². The van der Waals surface area contributed by atoms with Crippen molar-refractivity contribution in [3.8, 4) is 5.75 Å². The van der Waals surface area contributed by atoms with Crippen molar-refractivity contribution in [1.82, 2.24) is 15.8 Å². The maximum absolute atomic E-state index is 13.0. The molecule has 0 bridgehead atoms. The average molecular weight is 403 g/mol. The molecule has 0 aliphatic heterocycles. The van der Waals surface area contributed by atoms with E-state index in [1.807, 2.05) is 18.2 Å². The number of nitrogens with one attached hydrogen (secondary N) is 2. The summed E-state index contributed by atoms with van der Waals surface area (Å²) in [6.07, 6.45) is 5.13. The molecule has 0 atom stereocenters. The van der Waals surface area contributed by atoms with Crippen LogP contribution in [0.5, 0.6) is 5.75 Å². The highest BCUT2D eigenvalue weighted by molar-refractivity contribution is 6.24. The first-order chi connectivity index (χ1) is 14.6. The Kier molecular flexibility index (Phi) is 6.91. The zero-order chi connectivity index (χ0) is 21.3. The van der Waals surface area contributed by atoms with E-state index in [1.54, 1.807) is 73.5 Å². The van der Waals surface area contributed by atoms with E-state index in [0.29, 0.717) is 16.9 Å². The van der Waals surface area contributed by atoms with Crippen molar-refractivity contribution >= 4 is 23.5 Å². The molecule has 3 rings (SSSR count). The summed E-state index contributed by atoms with van der Waals surface area (Å²) in [6.45, 7) is 0.278. The molecular formula is C23H21N3O4. The third-order valence-corrected chi connectivity index (χ3v) is 4.41. The normalized spacial score (nSPS) is 10.9. The van der Waals surface area contributed by atoms with Gasteiger partial charge >= 0.3 is 0 Å². The monoisotopic (exact) mass is 403 g/mol. The fourth-order valence-electron chi connectivity index (χ4n) is 2.79. The topological polar surface area (TPSA) is 101 Å². The van der Waals surface area contributed by atoms with Gasteiger partial charge in [-0.25, -0.2) is 5.48 Å². The highest BCUT2D eigenvalue weighted by Gasteiger charge is 2.13. The van der Waals surface area contributed by atoms with Crippen LogP contribution in [0.3, 0.4) is 0 Å². The van der Waals surface area contributed by atoms with Gasteiger partial charge in [-0.1, -0.05) is 30.3 Å². The van der Waals surface area contributed by atoms with Crippen molar-refractivity contribution in [1.29, 1.82) is 0 Å². The summed E-state index contributed by atoms with van der Waals surface area (Å²) in [6, 6.07) is 17.5. The van der Waals surface area contributed by atoms with E-state index < -0.39 is 5.91 Å². The maximum Gasteiger partial charge on any atom is 0.274 e. The molecule has 0 saturated carbocycles. The Balaban J connectivity index is 1.79. The summed E-state index contributed by atoms with van der Waals surface area (Å²) in [5.74, 6) is -0.139. The van der Waals surface area contributed by atoms with Crippen LogP contribution < -0.4 is 15.5 Å². The van der Waals surface area contributed by atoms with Crippen LogP contribution in [0.2, 0.25) is 0 Å². The van der Waals surface area contributed by atoms with Gasteiger partial charge in [0.15, 0.2) is 0 Å². The number of hydrogen-bond acceptors (Lipinski definition) is 5. The molecular weight excluding hydrogens is 382 g/mol. The lowest BCUT2D eigenvalue weighted by atomic mass is 10.0. The number of nitrogens with zero attached hydrogens (tertiary/aromatic N) is 1. The van der Waals surface area contributed by atoms with Crippen LogP contribution in [-0.4, -0.2) is 29.1 Å². The lowest BCUT2D eigenvalue weighted by Crippen LogP contribution is -2.24. The molecule has 3 N–H and O–H groups in total. The molecule has 2 aromatic carbocycles. The van der Waals surface area contributed by atoms with Crippen LogP contribution in [0, 0.1) is 0 Å². The second-order valence-corrected chi connectivity index (χ2v) is 6.39. The number of amides is 2. The molecule has 0 radical (unpaired) electrons. The number of carbonyl (C=O) groups is 2. The first-order valence-corrected chi connectivity index (χ1v) is 9.18. The van der Waals surface area contributed by atoms with Crippen molar-refractivity contribution in [3.63, 3.8) is 0 Å². The van der Waals surface area contributed by atoms with Gasteiger partial charge in [0.2, 0.25) is 0 Å². The Morgan fingerprint density at radius 2 is 1.73 bits per heavy atom. The largest absolute Gasteiger partial charge is 0.497 e. The van der Waals surface area contributed by atoms with Gasteiger partial charge in [-0.15, -0.1) is 0 Å². The van der Waals surface area contributed by atoms with Crippen molar-refractivity contribution < 1.29 is 19.5 Å². The summed E-state index contributed by atoms with van der Waals surface area (Å²) in [4.78, 5) is 28.5. The molecule has 2 amide bonds. The van der Waals surface area contributed by atoms with E-state index in [4.69, 9.17) is 9.94 Å². The van der Waals surface area contributed by atoms with Crippen molar-refractivity contribution in [2.24, 2.45) is 0 Å². The molecule has 7 nitrogen and oxygen atoms in total. The van der Waals surface area contributed by atoms with E-state index in [9.17, 15) is 9.59 Å². The van der Waals surface area contributed by atoms with E-state index in [-0.39, 0.29) is 12.5 Å². The van der Waals surface area contributed by atoms with Crippen molar-refractivity contribution in [3.05, 3.63) is 95.3 Å². The van der Waals surface area contributed by atoms with Gasteiger partial charge in [0, 0.05) is 30.1 Å². The number of rotatable bonds is 7. The van der Waals surface area contributed by atoms with Crippen molar-refractivity contribution in [2.45, 2.75) is 6.54 Å². The van der Waals surface area contributed by atoms with Gasteiger partial charge in [-0.3, -0.25) is 19.8 Å². The van der Waals surface area contributed by atoms with E-state index >= 15 is 0 Å². The van der Waals surface area contributed by atoms with Crippen LogP contribution >= 0.6 is 0 Å². The molecule has 0 aliphatic rings. The second-order valence-electron chi connectivity index (χ2n) is 6.39. The van der Waals surface area contributed by atoms with Crippen LogP contribution in [-0.2, 0) is 11.3 Å². The molecule has 0 aliphatic carbocycles. The smallest absolute Gasteiger partial charge is 0.274 e. The van der Waals surface area contributed by atoms with E-state index in [0.717, 1.165) is 16.7 Å². The minimum absolute atomic E-state index is 0.249. The zero-order valence-electron chi connectivity index (χ0n) is 16.3. The number of ether oxygens (including phenoxy) is 1. The van der Waals surface area contributed by atoms with Crippen LogP contribution in [0.1, 0.15) is 27.0 Å². The zero-order valence-corrected chi connectivity index (χ0v) is 16.3. The molecule has 0 saturated heterocycles. The molecule has 0 fully saturated rings. The van der Waals surface area contributed by atoms with Gasteiger partial charge < -0.3 is 10.1 Å². The number of pyridine rings is 1. The number of hydroxylamine groups is 1. The lowest BCUT2D eigenvalue weighted by molar-refractivity contribution is -0.115. The number of carbonyl (C=O) groups excluding carboxylic acids is 2. The highest BCUT2D eigenvalue weighted by Crippen LogP contribution is 2.21.